The maximum Gasteiger partial charge on any atom is 0.407 e. The molecule has 0 spiro atoms. The van der Waals surface area contributed by atoms with Crippen LogP contribution < -0.4 is 5.32 Å². The predicted molar refractivity (Wildman–Crippen MR) is 89.9 cm³/mol. The molecule has 0 aliphatic carbocycles. The lowest BCUT2D eigenvalue weighted by molar-refractivity contribution is -0.155. The molecule has 1 N–H and O–H groups in total. The van der Waals surface area contributed by atoms with Gasteiger partial charge in [-0.1, -0.05) is 0 Å². The number of imide groups is 1. The van der Waals surface area contributed by atoms with Gasteiger partial charge in [0.1, 0.15) is 5.60 Å². The van der Waals surface area contributed by atoms with E-state index in [9.17, 15) is 23.6 Å². The molecule has 0 saturated carbocycles. The highest BCUT2D eigenvalue weighted by Crippen LogP contribution is 2.17. The Labute approximate surface area is 152 Å². The normalized spacial score (nSPS) is 19.3. The minimum Gasteiger partial charge on any atom is -0.463 e. The van der Waals surface area contributed by atoms with Gasteiger partial charge in [0.15, 0.2) is 6.17 Å². The van der Waals surface area contributed by atoms with Crippen LogP contribution in [0.3, 0.4) is 0 Å². The number of esters is 1. The van der Waals surface area contributed by atoms with E-state index < -0.39 is 41.7 Å². The maximum atomic E-state index is 13.6. The van der Waals surface area contributed by atoms with Crippen molar-refractivity contribution in [3.63, 3.8) is 0 Å². The van der Waals surface area contributed by atoms with E-state index in [1.165, 1.54) is 0 Å². The predicted octanol–water partition coefficient (Wildman–Crippen LogP) is 1.71. The third-order valence-corrected chi connectivity index (χ3v) is 3.35. The second kappa shape index (κ2) is 8.95. The summed E-state index contributed by atoms with van der Waals surface area (Å²) < 4.78 is 23.8. The second-order valence-electron chi connectivity index (χ2n) is 7.43. The van der Waals surface area contributed by atoms with Gasteiger partial charge in [-0.05, 0) is 41.0 Å². The molecule has 0 aromatic carbocycles. The molecule has 148 valence electrons. The first kappa shape index (κ1) is 21.9. The fraction of sp³-hybridized carbons (Fsp3) is 0.765. The molecule has 26 heavy (non-hydrogen) atoms. The first-order chi connectivity index (χ1) is 11.9. The van der Waals surface area contributed by atoms with Gasteiger partial charge in [0.2, 0.25) is 5.91 Å². The molecule has 2 atom stereocenters. The SMILES string of the molecule is CC(C)OC(=O)CC(CN1C(=O)CC[C@H](F)C1=O)NC(=O)OC(C)(C)C. The second-order valence-corrected chi connectivity index (χ2v) is 7.43. The number of rotatable bonds is 6. The van der Waals surface area contributed by atoms with Crippen LogP contribution in [0.4, 0.5) is 9.18 Å². The molecule has 0 aromatic heterocycles. The number of amides is 3. The van der Waals surface area contributed by atoms with Crippen LogP contribution in [0, 0.1) is 0 Å². The Morgan fingerprint density at radius 1 is 1.31 bits per heavy atom. The fourth-order valence-corrected chi connectivity index (χ4v) is 2.36. The van der Waals surface area contributed by atoms with Crippen LogP contribution >= 0.6 is 0 Å². The van der Waals surface area contributed by atoms with E-state index in [0.717, 1.165) is 4.90 Å². The van der Waals surface area contributed by atoms with Crippen molar-refractivity contribution in [2.45, 2.75) is 77.8 Å². The number of alkyl carbamates (subject to hydrolysis) is 1. The Bertz CT molecular complexity index is 558. The Hall–Kier alpha value is -2.19. The van der Waals surface area contributed by atoms with Crippen molar-refractivity contribution in [3.8, 4) is 0 Å². The standard InChI is InChI=1S/C17H27FN2O6/c1-10(2)25-14(22)8-11(19-16(24)26-17(3,4)5)9-20-13(21)7-6-12(18)15(20)23/h10-12H,6-9H2,1-5H3,(H,19,24)/t11?,12-/m0/s1. The molecule has 0 bridgehead atoms. The number of alkyl halides is 1. The Morgan fingerprint density at radius 3 is 2.46 bits per heavy atom. The molecule has 1 heterocycles. The summed E-state index contributed by atoms with van der Waals surface area (Å²) in [5.74, 6) is -2.12. The van der Waals surface area contributed by atoms with Crippen molar-refractivity contribution >= 4 is 23.9 Å². The van der Waals surface area contributed by atoms with Crippen molar-refractivity contribution in [3.05, 3.63) is 0 Å². The van der Waals surface area contributed by atoms with Crippen LogP contribution in [0.5, 0.6) is 0 Å². The summed E-state index contributed by atoms with van der Waals surface area (Å²) in [6.45, 7) is 8.00. The summed E-state index contributed by atoms with van der Waals surface area (Å²) in [6, 6.07) is -0.950. The van der Waals surface area contributed by atoms with Gasteiger partial charge in [-0.15, -0.1) is 0 Å². The van der Waals surface area contributed by atoms with E-state index in [0.29, 0.717) is 0 Å². The lowest BCUT2D eigenvalue weighted by atomic mass is 10.1. The Balaban J connectivity index is 2.85. The highest BCUT2D eigenvalue weighted by Gasteiger charge is 2.36. The summed E-state index contributed by atoms with van der Waals surface area (Å²) in [6.07, 6.45) is -3.49. The zero-order valence-corrected chi connectivity index (χ0v) is 15.8. The molecule has 0 aromatic rings. The number of carbonyl (C=O) groups is 4. The van der Waals surface area contributed by atoms with Gasteiger partial charge >= 0.3 is 12.1 Å². The number of carbonyl (C=O) groups excluding carboxylic acids is 4. The molecule has 1 rings (SSSR count). The zero-order chi connectivity index (χ0) is 20.1. The van der Waals surface area contributed by atoms with Gasteiger partial charge in [-0.25, -0.2) is 9.18 Å². The lowest BCUT2D eigenvalue weighted by Crippen LogP contribution is -2.53. The average molecular weight is 374 g/mol. The maximum absolute atomic E-state index is 13.6. The summed E-state index contributed by atoms with van der Waals surface area (Å²) in [5, 5.41) is 2.45. The molecule has 8 nitrogen and oxygen atoms in total. The zero-order valence-electron chi connectivity index (χ0n) is 15.8. The summed E-state index contributed by atoms with van der Waals surface area (Å²) in [7, 11) is 0. The number of hydrogen-bond acceptors (Lipinski definition) is 6. The summed E-state index contributed by atoms with van der Waals surface area (Å²) >= 11 is 0. The van der Waals surface area contributed by atoms with E-state index in [1.54, 1.807) is 34.6 Å². The van der Waals surface area contributed by atoms with E-state index in [4.69, 9.17) is 9.47 Å². The fourth-order valence-electron chi connectivity index (χ4n) is 2.36. The molecular weight excluding hydrogens is 347 g/mol. The highest BCUT2D eigenvalue weighted by atomic mass is 19.1. The lowest BCUT2D eigenvalue weighted by Gasteiger charge is -2.31. The Morgan fingerprint density at radius 2 is 1.92 bits per heavy atom. The minimum absolute atomic E-state index is 0.109. The van der Waals surface area contributed by atoms with Crippen LogP contribution in [-0.2, 0) is 23.9 Å². The summed E-state index contributed by atoms with van der Waals surface area (Å²) in [4.78, 5) is 48.5. The monoisotopic (exact) mass is 374 g/mol. The van der Waals surface area contributed by atoms with E-state index in [2.05, 4.69) is 5.32 Å². The van der Waals surface area contributed by atoms with Gasteiger partial charge in [0, 0.05) is 13.0 Å². The smallest absolute Gasteiger partial charge is 0.407 e. The van der Waals surface area contributed by atoms with Gasteiger partial charge in [0.05, 0.1) is 18.6 Å². The van der Waals surface area contributed by atoms with Crippen molar-refractivity contribution in [2.75, 3.05) is 6.54 Å². The van der Waals surface area contributed by atoms with Gasteiger partial charge in [0.25, 0.3) is 5.91 Å². The van der Waals surface area contributed by atoms with Crippen molar-refractivity contribution in [1.82, 2.24) is 10.2 Å². The molecule has 1 unspecified atom stereocenters. The molecule has 1 saturated heterocycles. The van der Waals surface area contributed by atoms with Crippen LogP contribution in [0.2, 0.25) is 0 Å². The van der Waals surface area contributed by atoms with Crippen LogP contribution in [-0.4, -0.2) is 59.2 Å². The van der Waals surface area contributed by atoms with Gasteiger partial charge < -0.3 is 14.8 Å². The molecular formula is C17H27FN2O6. The highest BCUT2D eigenvalue weighted by molar-refractivity contribution is 6.00. The van der Waals surface area contributed by atoms with Crippen molar-refractivity contribution in [1.29, 1.82) is 0 Å². The third kappa shape index (κ3) is 7.37. The average Bonchev–Trinajstić information content (AvgIpc) is 2.44. The molecule has 1 aliphatic rings. The topological polar surface area (TPSA) is 102 Å². The molecule has 3 amide bonds. The first-order valence-corrected chi connectivity index (χ1v) is 8.56. The molecule has 1 aliphatic heterocycles. The third-order valence-electron chi connectivity index (χ3n) is 3.35. The van der Waals surface area contributed by atoms with E-state index in [1.807, 2.05) is 0 Å². The molecule has 1 fully saturated rings. The Kier molecular flexibility index (Phi) is 7.53. The largest absolute Gasteiger partial charge is 0.463 e. The van der Waals surface area contributed by atoms with Crippen molar-refractivity contribution in [2.24, 2.45) is 0 Å². The summed E-state index contributed by atoms with van der Waals surface area (Å²) in [5.41, 5.74) is -0.770. The molecule has 0 radical (unpaired) electrons. The van der Waals surface area contributed by atoms with Gasteiger partial charge in [-0.2, -0.15) is 0 Å². The number of halogens is 1. The minimum atomic E-state index is -1.77. The number of hydrogen-bond donors (Lipinski definition) is 1. The van der Waals surface area contributed by atoms with E-state index in [-0.39, 0.29) is 31.9 Å². The number of nitrogens with one attached hydrogen (secondary N) is 1. The van der Waals surface area contributed by atoms with Crippen molar-refractivity contribution < 1.29 is 33.0 Å². The van der Waals surface area contributed by atoms with Gasteiger partial charge in [-0.3, -0.25) is 19.3 Å². The number of piperidine rings is 1. The number of nitrogens with zero attached hydrogens (tertiary/aromatic N) is 1. The van der Waals surface area contributed by atoms with Crippen LogP contribution in [0.15, 0.2) is 0 Å². The van der Waals surface area contributed by atoms with Crippen LogP contribution in [0.1, 0.15) is 53.9 Å². The van der Waals surface area contributed by atoms with E-state index >= 15 is 0 Å². The number of ether oxygens (including phenoxy) is 2. The number of likely N-dealkylation sites (tertiary alicyclic amines) is 1. The first-order valence-electron chi connectivity index (χ1n) is 8.56. The molecule has 9 heteroatoms. The van der Waals surface area contributed by atoms with Crippen LogP contribution in [0.25, 0.3) is 0 Å². The quantitative estimate of drug-likeness (QED) is 0.561.